The van der Waals surface area contributed by atoms with E-state index in [2.05, 4.69) is 72.8 Å². The lowest BCUT2D eigenvalue weighted by Gasteiger charge is -2.49. The lowest BCUT2D eigenvalue weighted by molar-refractivity contribution is -0.0738. The third-order valence-electron chi connectivity index (χ3n) is 7.80. The fraction of sp³-hybridized carbons (Fsp3) is 0.182. The predicted octanol–water partition coefficient (Wildman–Crippen LogP) is 6.29. The van der Waals surface area contributed by atoms with Crippen molar-refractivity contribution in [1.29, 1.82) is 0 Å². The number of hydrogen-bond donors (Lipinski definition) is 2. The number of hydrogen-bond acceptors (Lipinski definition) is 5. The molecule has 6 nitrogen and oxygen atoms in total. The molecule has 0 aliphatic heterocycles. The van der Waals surface area contributed by atoms with Crippen molar-refractivity contribution >= 4 is 16.7 Å². The smallest absolute Gasteiger partial charge is 0.165 e. The van der Waals surface area contributed by atoms with Gasteiger partial charge in [0.25, 0.3) is 0 Å². The van der Waals surface area contributed by atoms with E-state index in [1.54, 1.807) is 0 Å². The second-order valence-electron chi connectivity index (χ2n) is 11.1. The third kappa shape index (κ3) is 3.92. The summed E-state index contributed by atoms with van der Waals surface area (Å²) in [5, 5.41) is 16.0. The fourth-order valence-corrected chi connectivity index (χ4v) is 6.21. The van der Waals surface area contributed by atoms with Crippen LogP contribution in [0.2, 0.25) is 0 Å². The molecule has 6 aromatic rings. The van der Waals surface area contributed by atoms with Gasteiger partial charge in [0.15, 0.2) is 11.3 Å². The van der Waals surface area contributed by atoms with Crippen molar-refractivity contribution < 1.29 is 5.11 Å². The maximum atomic E-state index is 10.3. The molecule has 1 aliphatic rings. The molecule has 0 saturated heterocycles. The molecule has 3 heterocycles. The lowest BCUT2D eigenvalue weighted by Crippen LogP contribution is -2.58. The highest BCUT2D eigenvalue weighted by Crippen LogP contribution is 2.47. The maximum Gasteiger partial charge on any atom is 0.165 e. The van der Waals surface area contributed by atoms with E-state index < -0.39 is 11.1 Å². The van der Waals surface area contributed by atoms with Crippen LogP contribution < -0.4 is 5.73 Å². The number of benzene rings is 3. The quantitative estimate of drug-likeness (QED) is 0.291. The van der Waals surface area contributed by atoms with E-state index in [4.69, 9.17) is 20.8 Å². The Hall–Kier alpha value is -4.39. The predicted molar refractivity (Wildman–Crippen MR) is 155 cm³/mol. The van der Waals surface area contributed by atoms with Gasteiger partial charge in [-0.3, -0.25) is 0 Å². The van der Waals surface area contributed by atoms with E-state index in [0.717, 1.165) is 61.4 Å². The van der Waals surface area contributed by atoms with Gasteiger partial charge in [-0.15, -0.1) is 0 Å². The molecule has 6 heteroatoms. The number of pyridine rings is 1. The van der Waals surface area contributed by atoms with Gasteiger partial charge in [-0.05, 0) is 43.4 Å². The van der Waals surface area contributed by atoms with Gasteiger partial charge in [0, 0.05) is 39.9 Å². The average Bonchev–Trinajstić information content (AvgIpc) is 3.32. The molecule has 39 heavy (non-hydrogen) atoms. The van der Waals surface area contributed by atoms with Crippen molar-refractivity contribution in [2.45, 2.75) is 37.8 Å². The van der Waals surface area contributed by atoms with Gasteiger partial charge in [0.1, 0.15) is 0 Å². The van der Waals surface area contributed by atoms with Gasteiger partial charge in [-0.25, -0.2) is 9.97 Å². The molecule has 0 radical (unpaired) electrons. The number of nitrogens with zero attached hydrogens (tertiary/aromatic N) is 4. The summed E-state index contributed by atoms with van der Waals surface area (Å²) in [4.78, 5) is 10.0. The Kier molecular flexibility index (Phi) is 5.20. The van der Waals surface area contributed by atoms with Gasteiger partial charge >= 0.3 is 0 Å². The minimum Gasteiger partial charge on any atom is -0.390 e. The van der Waals surface area contributed by atoms with Gasteiger partial charge in [0.05, 0.1) is 17.0 Å². The maximum absolute atomic E-state index is 10.3. The molecule has 1 aliphatic carbocycles. The van der Waals surface area contributed by atoms with E-state index in [9.17, 15) is 5.11 Å². The summed E-state index contributed by atoms with van der Waals surface area (Å²) in [6, 6.07) is 31.1. The minimum absolute atomic E-state index is 0.513. The highest BCUT2D eigenvalue weighted by Gasteiger charge is 2.49. The molecule has 0 unspecified atom stereocenters. The Bertz CT molecular complexity index is 1830. The standard InChI is InChI=1S/C33H29N5O/c1-21-17-27-35-18-26-28(22-9-5-3-6-10-22)29(23-11-7-4-8-12-23)30(36-31(26)38(27)37-21)24-13-15-25(16-14-24)33(34)19-32(2,39)20-33/h3-18,39H,19-20,34H2,1-2H3. The SMILES string of the molecule is Cc1cc2ncc3c(-c4ccccc4)c(-c4ccccc4)c(-c4ccc(C5(N)CC(C)(O)C5)cc4)nc3n2n1. The second-order valence-corrected chi connectivity index (χ2v) is 11.1. The summed E-state index contributed by atoms with van der Waals surface area (Å²) in [5.41, 5.74) is 15.0. The summed E-state index contributed by atoms with van der Waals surface area (Å²) in [7, 11) is 0. The number of aromatic nitrogens is 4. The van der Waals surface area contributed by atoms with Crippen LogP contribution >= 0.6 is 0 Å². The summed E-state index contributed by atoms with van der Waals surface area (Å²) < 4.78 is 1.84. The number of fused-ring (bicyclic) bond motifs is 3. The number of rotatable bonds is 4. The topological polar surface area (TPSA) is 89.3 Å². The zero-order chi connectivity index (χ0) is 26.8. The second kappa shape index (κ2) is 8.56. The first-order chi connectivity index (χ1) is 18.8. The molecule has 0 bridgehead atoms. The number of nitrogens with two attached hydrogens (primary N) is 1. The first-order valence-corrected chi connectivity index (χ1v) is 13.2. The monoisotopic (exact) mass is 511 g/mol. The van der Waals surface area contributed by atoms with Gasteiger partial charge < -0.3 is 10.8 Å². The zero-order valence-corrected chi connectivity index (χ0v) is 22.0. The van der Waals surface area contributed by atoms with Gasteiger partial charge in [-0.1, -0.05) is 84.9 Å². The molecule has 1 fully saturated rings. The van der Waals surface area contributed by atoms with Crippen molar-refractivity contribution in [2.75, 3.05) is 0 Å². The van der Waals surface area contributed by atoms with Crippen molar-refractivity contribution in [3.63, 3.8) is 0 Å². The van der Waals surface area contributed by atoms with Crippen LogP contribution in [0.25, 0.3) is 50.2 Å². The van der Waals surface area contributed by atoms with E-state index in [1.807, 2.05) is 42.8 Å². The van der Waals surface area contributed by atoms with Crippen molar-refractivity contribution in [2.24, 2.45) is 5.73 Å². The first-order valence-electron chi connectivity index (χ1n) is 13.2. The largest absolute Gasteiger partial charge is 0.390 e. The lowest BCUT2D eigenvalue weighted by atomic mass is 9.63. The Balaban J connectivity index is 1.54. The Labute approximate surface area is 226 Å². The molecular formula is C33H29N5O. The van der Waals surface area contributed by atoms with Crippen LogP contribution in [0.15, 0.2) is 97.2 Å². The average molecular weight is 512 g/mol. The van der Waals surface area contributed by atoms with E-state index in [-0.39, 0.29) is 0 Å². The van der Waals surface area contributed by atoms with E-state index >= 15 is 0 Å². The Morgan fingerprint density at radius 1 is 0.821 bits per heavy atom. The minimum atomic E-state index is -0.709. The molecule has 192 valence electrons. The number of aryl methyl sites for hydroxylation is 1. The van der Waals surface area contributed by atoms with Crippen LogP contribution in [-0.4, -0.2) is 30.3 Å². The summed E-state index contributed by atoms with van der Waals surface area (Å²) in [6.07, 6.45) is 3.01. The zero-order valence-electron chi connectivity index (χ0n) is 22.0. The number of aliphatic hydroxyl groups is 1. The molecule has 0 atom stereocenters. The molecule has 3 N–H and O–H groups in total. The Morgan fingerprint density at radius 2 is 1.44 bits per heavy atom. The molecule has 1 saturated carbocycles. The Morgan fingerprint density at radius 3 is 2.05 bits per heavy atom. The van der Waals surface area contributed by atoms with Crippen LogP contribution in [-0.2, 0) is 5.54 Å². The molecular weight excluding hydrogens is 482 g/mol. The first kappa shape index (κ1) is 23.7. The van der Waals surface area contributed by atoms with Crippen molar-refractivity contribution in [3.8, 4) is 33.5 Å². The molecule has 0 amide bonds. The van der Waals surface area contributed by atoms with Gasteiger partial charge in [0.2, 0.25) is 0 Å². The van der Waals surface area contributed by atoms with Crippen LogP contribution in [0.3, 0.4) is 0 Å². The van der Waals surface area contributed by atoms with Crippen LogP contribution in [0.5, 0.6) is 0 Å². The molecule has 7 rings (SSSR count). The summed E-state index contributed by atoms with van der Waals surface area (Å²) >= 11 is 0. The summed E-state index contributed by atoms with van der Waals surface area (Å²) in [6.45, 7) is 3.81. The van der Waals surface area contributed by atoms with E-state index in [1.165, 1.54) is 0 Å². The van der Waals surface area contributed by atoms with Crippen LogP contribution in [0.1, 0.15) is 31.0 Å². The van der Waals surface area contributed by atoms with Crippen molar-refractivity contribution in [1.82, 2.24) is 19.6 Å². The van der Waals surface area contributed by atoms with Gasteiger partial charge in [-0.2, -0.15) is 9.61 Å². The highest BCUT2D eigenvalue weighted by atomic mass is 16.3. The summed E-state index contributed by atoms with van der Waals surface area (Å²) in [5.74, 6) is 0. The van der Waals surface area contributed by atoms with Crippen LogP contribution in [0.4, 0.5) is 0 Å². The van der Waals surface area contributed by atoms with Crippen molar-refractivity contribution in [3.05, 3.63) is 108 Å². The van der Waals surface area contributed by atoms with Crippen LogP contribution in [0, 0.1) is 6.92 Å². The molecule has 0 spiro atoms. The highest BCUT2D eigenvalue weighted by molar-refractivity contribution is 6.06. The fourth-order valence-electron chi connectivity index (χ4n) is 6.21. The molecule has 3 aromatic heterocycles. The third-order valence-corrected chi connectivity index (χ3v) is 7.80. The molecule has 3 aromatic carbocycles. The normalized spacial score (nSPS) is 20.8. The van der Waals surface area contributed by atoms with E-state index in [0.29, 0.717) is 12.8 Å².